The lowest BCUT2D eigenvalue weighted by Gasteiger charge is -2.34. The van der Waals surface area contributed by atoms with Crippen LogP contribution in [0.4, 0.5) is 14.6 Å². The number of hydroxylamine groups is 1. The zero-order chi connectivity index (χ0) is 27.8. The molecule has 0 spiro atoms. The number of amides is 3. The molecule has 1 aromatic heterocycles. The highest BCUT2D eigenvalue weighted by molar-refractivity contribution is 5.85. The summed E-state index contributed by atoms with van der Waals surface area (Å²) in [5.41, 5.74) is 2.81. The Labute approximate surface area is 224 Å². The largest absolute Gasteiger partial charge is 0.340 e. The first-order chi connectivity index (χ1) is 18.9. The number of benzene rings is 2. The average Bonchev–Trinajstić information content (AvgIpc) is 2.95. The van der Waals surface area contributed by atoms with Crippen molar-refractivity contribution in [2.75, 3.05) is 37.8 Å². The summed E-state index contributed by atoms with van der Waals surface area (Å²) in [5.74, 6) is -2.51. The number of carbonyl (C=O) groups is 3. The first kappa shape index (κ1) is 28.0. The fourth-order valence-electron chi connectivity index (χ4n) is 4.33. The number of aromatic nitrogens is 1. The molecule has 2 N–H and O–H groups in total. The van der Waals surface area contributed by atoms with E-state index in [0.717, 1.165) is 26.9 Å². The van der Waals surface area contributed by atoms with Crippen molar-refractivity contribution < 1.29 is 28.0 Å². The van der Waals surface area contributed by atoms with Gasteiger partial charge in [0.2, 0.25) is 18.2 Å². The Balaban J connectivity index is 1.53. The number of fused-ring (bicyclic) bond motifs is 1. The summed E-state index contributed by atoms with van der Waals surface area (Å²) in [6, 6.07) is 12.0. The predicted molar refractivity (Wildman–Crippen MR) is 140 cm³/mol. The Morgan fingerprint density at radius 3 is 2.62 bits per heavy atom. The highest BCUT2D eigenvalue weighted by Gasteiger charge is 2.29. The molecule has 1 aliphatic rings. The molecular formula is C27H30F2N6O4. The minimum Gasteiger partial charge on any atom is -0.340 e. The van der Waals surface area contributed by atoms with Gasteiger partial charge >= 0.3 is 0 Å². The van der Waals surface area contributed by atoms with E-state index in [-0.39, 0.29) is 36.9 Å². The number of nitrogens with one attached hydrogen (secondary N) is 2. The second-order valence-electron chi connectivity index (χ2n) is 9.04. The van der Waals surface area contributed by atoms with Crippen LogP contribution in [0.5, 0.6) is 0 Å². The van der Waals surface area contributed by atoms with Gasteiger partial charge in [0, 0.05) is 56.8 Å². The predicted octanol–water partition coefficient (Wildman–Crippen LogP) is 2.15. The van der Waals surface area contributed by atoms with Crippen molar-refractivity contribution in [3.05, 3.63) is 71.9 Å². The Morgan fingerprint density at radius 2 is 1.90 bits per heavy atom. The number of pyridine rings is 1. The molecule has 39 heavy (non-hydrogen) atoms. The lowest BCUT2D eigenvalue weighted by molar-refractivity contribution is -0.142. The molecule has 0 aliphatic carbocycles. The molecule has 0 unspecified atom stereocenters. The Morgan fingerprint density at radius 1 is 1.15 bits per heavy atom. The molecule has 4 rings (SSSR count). The fraction of sp³-hybridized carbons (Fsp3) is 0.333. The van der Waals surface area contributed by atoms with Crippen LogP contribution in [-0.4, -0.2) is 71.9 Å². The smallest absolute Gasteiger partial charge is 0.239 e. The number of nitrogens with zero attached hydrogens (tertiary/aromatic N) is 4. The molecule has 10 nitrogen and oxygen atoms in total. The Kier molecular flexibility index (Phi) is 9.47. The van der Waals surface area contributed by atoms with E-state index in [4.69, 9.17) is 4.84 Å². The van der Waals surface area contributed by atoms with Gasteiger partial charge in [-0.15, -0.1) is 0 Å². The number of hydrogen-bond acceptors (Lipinski definition) is 7. The first-order valence-electron chi connectivity index (χ1n) is 12.5. The zero-order valence-electron chi connectivity index (χ0n) is 21.5. The molecule has 2 aromatic carbocycles. The number of anilines is 1. The summed E-state index contributed by atoms with van der Waals surface area (Å²) in [6.45, 7) is 3.11. The van der Waals surface area contributed by atoms with Crippen LogP contribution in [0.2, 0.25) is 0 Å². The van der Waals surface area contributed by atoms with Crippen molar-refractivity contribution >= 4 is 34.8 Å². The van der Waals surface area contributed by atoms with Crippen molar-refractivity contribution in [2.24, 2.45) is 0 Å². The van der Waals surface area contributed by atoms with Gasteiger partial charge in [-0.1, -0.05) is 36.4 Å². The van der Waals surface area contributed by atoms with Gasteiger partial charge < -0.3 is 10.2 Å². The lowest BCUT2D eigenvalue weighted by Crippen LogP contribution is -2.54. The topological polar surface area (TPSA) is 107 Å². The zero-order valence-corrected chi connectivity index (χ0v) is 21.5. The normalized spacial score (nSPS) is 14.2. The van der Waals surface area contributed by atoms with Crippen molar-refractivity contribution in [1.29, 1.82) is 0 Å². The van der Waals surface area contributed by atoms with E-state index in [1.54, 1.807) is 17.2 Å². The van der Waals surface area contributed by atoms with E-state index in [1.165, 1.54) is 19.1 Å². The van der Waals surface area contributed by atoms with E-state index in [1.807, 2.05) is 24.3 Å². The van der Waals surface area contributed by atoms with E-state index in [9.17, 15) is 23.2 Å². The third-order valence-corrected chi connectivity index (χ3v) is 6.40. The van der Waals surface area contributed by atoms with Gasteiger partial charge in [0.05, 0.1) is 19.1 Å². The first-order valence-corrected chi connectivity index (χ1v) is 12.5. The molecule has 3 amide bonds. The molecule has 2 heterocycles. The van der Waals surface area contributed by atoms with Crippen LogP contribution in [0.15, 0.2) is 54.7 Å². The summed E-state index contributed by atoms with van der Waals surface area (Å²) >= 11 is 0. The van der Waals surface area contributed by atoms with Gasteiger partial charge in [0.15, 0.2) is 17.5 Å². The van der Waals surface area contributed by atoms with Crippen LogP contribution in [-0.2, 0) is 25.8 Å². The van der Waals surface area contributed by atoms with Crippen LogP contribution >= 0.6 is 0 Å². The number of piperazine rings is 1. The molecule has 1 atom stereocenters. The molecule has 12 heteroatoms. The molecule has 206 valence electrons. The van der Waals surface area contributed by atoms with Crippen LogP contribution < -0.4 is 15.8 Å². The highest BCUT2D eigenvalue weighted by Crippen LogP contribution is 2.20. The minimum absolute atomic E-state index is 0.00392. The summed E-state index contributed by atoms with van der Waals surface area (Å²) in [7, 11) is 0. The molecule has 1 fully saturated rings. The Hall–Kier alpha value is -4.00. The van der Waals surface area contributed by atoms with Gasteiger partial charge in [-0.3, -0.25) is 24.2 Å². The van der Waals surface area contributed by atoms with Gasteiger partial charge in [0.1, 0.15) is 0 Å². The summed E-state index contributed by atoms with van der Waals surface area (Å²) in [5, 5.41) is 6.98. The summed E-state index contributed by atoms with van der Waals surface area (Å²) < 4.78 is 27.9. The van der Waals surface area contributed by atoms with Gasteiger partial charge in [0.25, 0.3) is 0 Å². The fourth-order valence-corrected chi connectivity index (χ4v) is 4.33. The Bertz CT molecular complexity index is 1320. The van der Waals surface area contributed by atoms with Gasteiger partial charge in [-0.05, 0) is 17.5 Å². The molecule has 0 bridgehead atoms. The van der Waals surface area contributed by atoms with Crippen molar-refractivity contribution in [2.45, 2.75) is 25.9 Å². The second kappa shape index (κ2) is 13.2. The van der Waals surface area contributed by atoms with E-state index < -0.39 is 23.6 Å². The van der Waals surface area contributed by atoms with Crippen LogP contribution in [0.1, 0.15) is 18.9 Å². The standard InChI is InChI=1S/C27H30F2N6O4/c1-19(37)35(32-16-22-7-4-8-24(28)27(22)29)23(14-26(38)33-11-9-30-10-12-33)17-39-34(18-36)25-13-20-5-2-3-6-21(20)15-31-25/h2-8,13,15,18,23,30,32H,9-12,14,16-17H2,1H3/t23-/m0/s1. The van der Waals surface area contributed by atoms with Crippen molar-refractivity contribution in [3.8, 4) is 0 Å². The monoisotopic (exact) mass is 540 g/mol. The van der Waals surface area contributed by atoms with Gasteiger partial charge in [-0.25, -0.2) is 19.2 Å². The van der Waals surface area contributed by atoms with Crippen LogP contribution in [0.3, 0.4) is 0 Å². The maximum atomic E-state index is 14.2. The van der Waals surface area contributed by atoms with Crippen molar-refractivity contribution in [3.63, 3.8) is 0 Å². The molecule has 0 saturated carbocycles. The summed E-state index contributed by atoms with van der Waals surface area (Å²) in [4.78, 5) is 49.4. The maximum absolute atomic E-state index is 14.2. The number of halogens is 2. The van der Waals surface area contributed by atoms with Crippen LogP contribution in [0.25, 0.3) is 10.8 Å². The van der Waals surface area contributed by atoms with E-state index >= 15 is 0 Å². The summed E-state index contributed by atoms with van der Waals surface area (Å²) in [6.07, 6.45) is 1.92. The quantitative estimate of drug-likeness (QED) is 0.284. The average molecular weight is 541 g/mol. The highest BCUT2D eigenvalue weighted by atomic mass is 19.2. The van der Waals surface area contributed by atoms with E-state index in [2.05, 4.69) is 15.7 Å². The molecule has 3 aromatic rings. The minimum atomic E-state index is -1.03. The van der Waals surface area contributed by atoms with E-state index in [0.29, 0.717) is 32.6 Å². The third-order valence-electron chi connectivity index (χ3n) is 6.40. The number of hydrazine groups is 1. The molecule has 1 aliphatic heterocycles. The second-order valence-corrected chi connectivity index (χ2v) is 9.04. The van der Waals surface area contributed by atoms with Gasteiger partial charge in [-0.2, -0.15) is 5.06 Å². The van der Waals surface area contributed by atoms with Crippen molar-refractivity contribution in [1.82, 2.24) is 25.6 Å². The van der Waals surface area contributed by atoms with Crippen LogP contribution in [0, 0.1) is 11.6 Å². The lowest BCUT2D eigenvalue weighted by atomic mass is 10.1. The number of hydrogen-bond donors (Lipinski definition) is 2. The third kappa shape index (κ3) is 7.11. The SMILES string of the molecule is CC(=O)N(NCc1cccc(F)c1F)[C@H](CON(C=O)c1cc2ccccc2cn1)CC(=O)N1CCNCC1. The maximum Gasteiger partial charge on any atom is 0.239 e. The molecular weight excluding hydrogens is 510 g/mol. The number of carbonyl (C=O) groups excluding carboxylic acids is 3. The number of rotatable bonds is 11. The molecule has 0 radical (unpaired) electrons. The molecule has 1 saturated heterocycles.